The van der Waals surface area contributed by atoms with E-state index >= 15 is 0 Å². The Hall–Kier alpha value is -1.48. The molecule has 0 amide bonds. The summed E-state index contributed by atoms with van der Waals surface area (Å²) in [5.74, 6) is 0. The summed E-state index contributed by atoms with van der Waals surface area (Å²) in [6, 6.07) is 9.01. The Morgan fingerprint density at radius 3 is 2.94 bits per heavy atom. The lowest BCUT2D eigenvalue weighted by atomic mass is 10.1. The summed E-state index contributed by atoms with van der Waals surface area (Å²) in [5.41, 5.74) is 8.05. The second-order valence-corrected chi connectivity index (χ2v) is 5.43. The van der Waals surface area contributed by atoms with E-state index in [4.69, 9.17) is 5.73 Å². The van der Waals surface area contributed by atoms with Gasteiger partial charge in [-0.25, -0.2) is 0 Å². The molecule has 1 aliphatic rings. The molecule has 1 atom stereocenters. The van der Waals surface area contributed by atoms with Crippen molar-refractivity contribution < 1.29 is 0 Å². The third-order valence-electron chi connectivity index (χ3n) is 4.06. The normalized spacial score (nSPS) is 22.2. The Balaban J connectivity index is 1.95. The van der Waals surface area contributed by atoms with Gasteiger partial charge in [-0.3, -0.25) is 0 Å². The SMILES string of the molecule is CN1CCCC(n2ccc3ccc(N)cc32)CC1. The van der Waals surface area contributed by atoms with Gasteiger partial charge in [0.2, 0.25) is 0 Å². The third-order valence-corrected chi connectivity index (χ3v) is 4.06. The molecule has 1 fully saturated rings. The van der Waals surface area contributed by atoms with Crippen molar-refractivity contribution >= 4 is 16.6 Å². The van der Waals surface area contributed by atoms with E-state index in [9.17, 15) is 0 Å². The highest BCUT2D eigenvalue weighted by atomic mass is 15.1. The van der Waals surface area contributed by atoms with E-state index in [1.165, 1.54) is 43.3 Å². The van der Waals surface area contributed by atoms with Crippen molar-refractivity contribution in [1.82, 2.24) is 9.47 Å². The molecule has 0 radical (unpaired) electrons. The van der Waals surface area contributed by atoms with Gasteiger partial charge in [0.05, 0.1) is 5.52 Å². The predicted molar refractivity (Wildman–Crippen MR) is 76.7 cm³/mol. The molecule has 0 bridgehead atoms. The number of hydrogen-bond donors (Lipinski definition) is 1. The second kappa shape index (κ2) is 4.65. The topological polar surface area (TPSA) is 34.2 Å². The molecule has 3 rings (SSSR count). The molecule has 1 aromatic carbocycles. The molecule has 0 aliphatic carbocycles. The molecule has 0 saturated carbocycles. The fraction of sp³-hybridized carbons (Fsp3) is 0.467. The van der Waals surface area contributed by atoms with Crippen molar-refractivity contribution in [2.75, 3.05) is 25.9 Å². The lowest BCUT2D eigenvalue weighted by molar-refractivity contribution is 0.342. The van der Waals surface area contributed by atoms with Gasteiger partial charge in [0.15, 0.2) is 0 Å². The van der Waals surface area contributed by atoms with Crippen LogP contribution in [0.25, 0.3) is 10.9 Å². The number of fused-ring (bicyclic) bond motifs is 1. The quantitative estimate of drug-likeness (QED) is 0.781. The largest absolute Gasteiger partial charge is 0.399 e. The van der Waals surface area contributed by atoms with E-state index in [-0.39, 0.29) is 0 Å². The van der Waals surface area contributed by atoms with Crippen LogP contribution in [0.5, 0.6) is 0 Å². The number of anilines is 1. The fourth-order valence-corrected chi connectivity index (χ4v) is 2.99. The minimum Gasteiger partial charge on any atom is -0.399 e. The molecule has 1 aromatic heterocycles. The van der Waals surface area contributed by atoms with Crippen LogP contribution < -0.4 is 5.73 Å². The van der Waals surface area contributed by atoms with E-state index in [1.807, 2.05) is 6.07 Å². The minimum absolute atomic E-state index is 0.620. The zero-order valence-corrected chi connectivity index (χ0v) is 11.0. The molecule has 1 saturated heterocycles. The molecule has 3 nitrogen and oxygen atoms in total. The van der Waals surface area contributed by atoms with Crippen LogP contribution in [0.1, 0.15) is 25.3 Å². The Morgan fingerprint density at radius 1 is 1.17 bits per heavy atom. The summed E-state index contributed by atoms with van der Waals surface area (Å²) in [6.07, 6.45) is 6.00. The maximum atomic E-state index is 5.91. The van der Waals surface area contributed by atoms with Crippen LogP contribution in [0.3, 0.4) is 0 Å². The highest BCUT2D eigenvalue weighted by Gasteiger charge is 2.17. The number of nitrogens with zero attached hydrogens (tertiary/aromatic N) is 2. The van der Waals surface area contributed by atoms with Gasteiger partial charge in [0.25, 0.3) is 0 Å². The first-order chi connectivity index (χ1) is 8.74. The highest BCUT2D eigenvalue weighted by Crippen LogP contribution is 2.28. The van der Waals surface area contributed by atoms with Crippen molar-refractivity contribution in [2.24, 2.45) is 0 Å². The molecular weight excluding hydrogens is 222 g/mol. The van der Waals surface area contributed by atoms with Crippen molar-refractivity contribution in [3.8, 4) is 0 Å². The van der Waals surface area contributed by atoms with Gasteiger partial charge in [0, 0.05) is 17.9 Å². The Bertz CT molecular complexity index is 544. The van der Waals surface area contributed by atoms with Crippen LogP contribution in [0, 0.1) is 0 Å². The fourth-order valence-electron chi connectivity index (χ4n) is 2.99. The molecule has 96 valence electrons. The standard InChI is InChI=1S/C15H21N3/c1-17-8-2-3-14(7-9-17)18-10-6-12-4-5-13(16)11-15(12)18/h4-6,10-11,14H,2-3,7-9,16H2,1H3. The maximum Gasteiger partial charge on any atom is 0.0503 e. The lowest BCUT2D eigenvalue weighted by Crippen LogP contribution is -2.19. The highest BCUT2D eigenvalue weighted by molar-refractivity contribution is 5.83. The van der Waals surface area contributed by atoms with Crippen LogP contribution in [0.4, 0.5) is 5.69 Å². The van der Waals surface area contributed by atoms with Crippen LogP contribution in [-0.4, -0.2) is 29.6 Å². The van der Waals surface area contributed by atoms with E-state index in [0.717, 1.165) is 5.69 Å². The van der Waals surface area contributed by atoms with Crippen molar-refractivity contribution in [3.63, 3.8) is 0 Å². The molecular formula is C15H21N3. The van der Waals surface area contributed by atoms with E-state index in [1.54, 1.807) is 0 Å². The van der Waals surface area contributed by atoms with Gasteiger partial charge in [-0.15, -0.1) is 0 Å². The van der Waals surface area contributed by atoms with E-state index < -0.39 is 0 Å². The van der Waals surface area contributed by atoms with E-state index in [0.29, 0.717) is 6.04 Å². The summed E-state index contributed by atoms with van der Waals surface area (Å²) >= 11 is 0. The van der Waals surface area contributed by atoms with Crippen LogP contribution in [0.2, 0.25) is 0 Å². The number of hydrogen-bond acceptors (Lipinski definition) is 2. The Labute approximate surface area is 108 Å². The van der Waals surface area contributed by atoms with Gasteiger partial charge in [-0.1, -0.05) is 6.07 Å². The number of benzene rings is 1. The summed E-state index contributed by atoms with van der Waals surface area (Å²) in [7, 11) is 2.22. The van der Waals surface area contributed by atoms with Crippen LogP contribution >= 0.6 is 0 Å². The molecule has 2 heterocycles. The minimum atomic E-state index is 0.620. The molecule has 2 N–H and O–H groups in total. The predicted octanol–water partition coefficient (Wildman–Crippen LogP) is 2.88. The summed E-state index contributed by atoms with van der Waals surface area (Å²) in [4.78, 5) is 2.43. The van der Waals surface area contributed by atoms with Gasteiger partial charge in [-0.05, 0) is 63.0 Å². The summed E-state index contributed by atoms with van der Waals surface area (Å²) in [5, 5.41) is 1.29. The lowest BCUT2D eigenvalue weighted by Gasteiger charge is -2.18. The average molecular weight is 243 g/mol. The number of likely N-dealkylation sites (tertiary alicyclic amines) is 1. The number of aromatic nitrogens is 1. The summed E-state index contributed by atoms with van der Waals surface area (Å²) in [6.45, 7) is 2.41. The second-order valence-electron chi connectivity index (χ2n) is 5.43. The molecule has 2 aromatic rings. The summed E-state index contributed by atoms with van der Waals surface area (Å²) < 4.78 is 2.42. The zero-order valence-electron chi connectivity index (χ0n) is 11.0. The van der Waals surface area contributed by atoms with Crippen LogP contribution in [0.15, 0.2) is 30.5 Å². The monoisotopic (exact) mass is 243 g/mol. The van der Waals surface area contributed by atoms with Gasteiger partial charge in [0.1, 0.15) is 0 Å². The number of rotatable bonds is 1. The van der Waals surface area contributed by atoms with Gasteiger partial charge >= 0.3 is 0 Å². The Kier molecular flexibility index (Phi) is 3.00. The van der Waals surface area contributed by atoms with Crippen LogP contribution in [-0.2, 0) is 0 Å². The first-order valence-corrected chi connectivity index (χ1v) is 6.78. The number of nitrogen functional groups attached to an aromatic ring is 1. The number of nitrogens with two attached hydrogens (primary N) is 1. The zero-order chi connectivity index (χ0) is 12.5. The Morgan fingerprint density at radius 2 is 2.06 bits per heavy atom. The van der Waals surface area contributed by atoms with Crippen molar-refractivity contribution in [2.45, 2.75) is 25.3 Å². The maximum absolute atomic E-state index is 5.91. The van der Waals surface area contributed by atoms with Crippen molar-refractivity contribution in [1.29, 1.82) is 0 Å². The van der Waals surface area contributed by atoms with Crippen molar-refractivity contribution in [3.05, 3.63) is 30.5 Å². The third kappa shape index (κ3) is 2.10. The smallest absolute Gasteiger partial charge is 0.0503 e. The first kappa shape index (κ1) is 11.6. The average Bonchev–Trinajstić information content (AvgIpc) is 2.64. The molecule has 3 heteroatoms. The first-order valence-electron chi connectivity index (χ1n) is 6.78. The molecule has 1 unspecified atom stereocenters. The van der Waals surface area contributed by atoms with Gasteiger partial charge in [-0.2, -0.15) is 0 Å². The molecule has 0 spiro atoms. The van der Waals surface area contributed by atoms with Gasteiger partial charge < -0.3 is 15.2 Å². The van der Waals surface area contributed by atoms with E-state index in [2.05, 4.69) is 40.9 Å². The molecule has 1 aliphatic heterocycles. The molecule has 18 heavy (non-hydrogen) atoms.